The van der Waals surface area contributed by atoms with Crippen LogP contribution in [0, 0.1) is 0 Å². The molecule has 0 atom stereocenters. The van der Waals surface area contributed by atoms with Gasteiger partial charge in [-0.25, -0.2) is 4.79 Å². The Balaban J connectivity index is 2.21. The molecule has 0 radical (unpaired) electrons. The summed E-state index contributed by atoms with van der Waals surface area (Å²) in [6.45, 7) is 0. The quantitative estimate of drug-likeness (QED) is 0.494. The zero-order valence-electron chi connectivity index (χ0n) is 12.7. The second-order valence-corrected chi connectivity index (χ2v) is 4.79. The maximum absolute atomic E-state index is 12.0. The van der Waals surface area contributed by atoms with E-state index in [1.54, 1.807) is 12.1 Å². The van der Waals surface area contributed by atoms with Gasteiger partial charge in [0.05, 0.1) is 18.4 Å². The number of nitrogens with one attached hydrogen (secondary N) is 1. The van der Waals surface area contributed by atoms with Gasteiger partial charge in [-0.3, -0.25) is 4.79 Å². The summed E-state index contributed by atoms with van der Waals surface area (Å²) in [5.74, 6) is -2.05. The van der Waals surface area contributed by atoms with Crippen LogP contribution in [0.5, 0.6) is 17.2 Å². The average molecular weight is 329 g/mol. The number of carbonyl (C=O) groups is 2. The molecule has 0 aliphatic heterocycles. The van der Waals surface area contributed by atoms with Crippen molar-refractivity contribution >= 4 is 23.6 Å². The lowest BCUT2D eigenvalue weighted by Crippen LogP contribution is -2.12. The Kier molecular flexibility index (Phi) is 5.06. The number of aromatic hydroxyl groups is 2. The fourth-order valence-electron chi connectivity index (χ4n) is 1.94. The standard InChI is InChI=1S/C17H15NO6/c1-24-15-9-13(12(17(22)23)8-14(15)20)18-16(21)7-4-10-2-5-11(19)6-3-10/h2-9,19-20H,1H3,(H,18,21)(H,22,23)/b7-4+. The van der Waals surface area contributed by atoms with Gasteiger partial charge in [-0.15, -0.1) is 0 Å². The number of ether oxygens (including phenoxy) is 1. The van der Waals surface area contributed by atoms with E-state index >= 15 is 0 Å². The van der Waals surface area contributed by atoms with Gasteiger partial charge in [0.2, 0.25) is 5.91 Å². The van der Waals surface area contributed by atoms with Crippen molar-refractivity contribution < 1.29 is 29.6 Å². The molecule has 0 aromatic heterocycles. The summed E-state index contributed by atoms with van der Waals surface area (Å²) in [5, 5.41) is 30.4. The largest absolute Gasteiger partial charge is 0.508 e. The summed E-state index contributed by atoms with van der Waals surface area (Å²) in [4.78, 5) is 23.2. The number of aromatic carboxylic acids is 1. The lowest BCUT2D eigenvalue weighted by molar-refractivity contribution is -0.111. The maximum Gasteiger partial charge on any atom is 0.337 e. The first-order valence-corrected chi connectivity index (χ1v) is 6.83. The van der Waals surface area contributed by atoms with Crippen LogP contribution in [0.1, 0.15) is 15.9 Å². The third-order valence-corrected chi connectivity index (χ3v) is 3.13. The van der Waals surface area contributed by atoms with Crippen molar-refractivity contribution in [2.45, 2.75) is 0 Å². The highest BCUT2D eigenvalue weighted by Gasteiger charge is 2.16. The van der Waals surface area contributed by atoms with Gasteiger partial charge in [-0.1, -0.05) is 12.1 Å². The van der Waals surface area contributed by atoms with Crippen LogP contribution in [0.25, 0.3) is 6.08 Å². The molecule has 7 nitrogen and oxygen atoms in total. The van der Waals surface area contributed by atoms with Crippen LogP contribution in [0.3, 0.4) is 0 Å². The van der Waals surface area contributed by atoms with E-state index in [0.717, 1.165) is 6.07 Å². The number of anilines is 1. The Morgan fingerprint density at radius 3 is 2.38 bits per heavy atom. The zero-order valence-corrected chi connectivity index (χ0v) is 12.7. The molecule has 1 amide bonds. The Morgan fingerprint density at radius 2 is 1.79 bits per heavy atom. The minimum atomic E-state index is -1.30. The smallest absolute Gasteiger partial charge is 0.337 e. The number of phenolic OH excluding ortho intramolecular Hbond substituents is 2. The topological polar surface area (TPSA) is 116 Å². The number of carboxylic acid groups (broad SMARTS) is 1. The highest BCUT2D eigenvalue weighted by Crippen LogP contribution is 2.32. The van der Waals surface area contributed by atoms with E-state index in [1.807, 2.05) is 0 Å². The minimum Gasteiger partial charge on any atom is -0.508 e. The molecular formula is C17H15NO6. The molecule has 0 aliphatic carbocycles. The van der Waals surface area contributed by atoms with Crippen LogP contribution in [0.15, 0.2) is 42.5 Å². The Bertz CT molecular complexity index is 795. The summed E-state index contributed by atoms with van der Waals surface area (Å²) in [7, 11) is 1.31. The number of carboxylic acids is 1. The molecule has 2 aromatic rings. The molecule has 2 aromatic carbocycles. The van der Waals surface area contributed by atoms with Crippen molar-refractivity contribution in [1.29, 1.82) is 0 Å². The van der Waals surface area contributed by atoms with E-state index in [2.05, 4.69) is 5.32 Å². The van der Waals surface area contributed by atoms with Gasteiger partial charge >= 0.3 is 5.97 Å². The number of hydrogen-bond donors (Lipinski definition) is 4. The SMILES string of the molecule is COc1cc(NC(=O)/C=C/c2ccc(O)cc2)c(C(=O)O)cc1O. The number of rotatable bonds is 5. The first-order valence-electron chi connectivity index (χ1n) is 6.83. The van der Waals surface area contributed by atoms with Crippen molar-refractivity contribution in [2.75, 3.05) is 12.4 Å². The first-order chi connectivity index (χ1) is 11.4. The molecule has 0 saturated carbocycles. The number of hydrogen-bond acceptors (Lipinski definition) is 5. The van der Waals surface area contributed by atoms with Crippen molar-refractivity contribution in [3.8, 4) is 17.2 Å². The van der Waals surface area contributed by atoms with Crippen molar-refractivity contribution in [2.24, 2.45) is 0 Å². The second kappa shape index (κ2) is 7.19. The van der Waals surface area contributed by atoms with Gasteiger partial charge in [0.15, 0.2) is 11.5 Å². The molecule has 0 unspecified atom stereocenters. The molecule has 0 spiro atoms. The summed E-state index contributed by atoms with van der Waals surface area (Å²) < 4.78 is 4.91. The molecule has 0 bridgehead atoms. The van der Waals surface area contributed by atoms with Gasteiger partial charge in [-0.2, -0.15) is 0 Å². The predicted octanol–water partition coefficient (Wildman–Crippen LogP) is 2.46. The third-order valence-electron chi connectivity index (χ3n) is 3.13. The van der Waals surface area contributed by atoms with Gasteiger partial charge in [-0.05, 0) is 23.8 Å². The van der Waals surface area contributed by atoms with Crippen LogP contribution < -0.4 is 10.1 Å². The predicted molar refractivity (Wildman–Crippen MR) is 87.4 cm³/mol. The van der Waals surface area contributed by atoms with Crippen LogP contribution in [0.2, 0.25) is 0 Å². The lowest BCUT2D eigenvalue weighted by Gasteiger charge is -2.10. The van der Waals surface area contributed by atoms with E-state index in [0.29, 0.717) is 5.56 Å². The number of phenols is 2. The van der Waals surface area contributed by atoms with E-state index in [4.69, 9.17) is 9.84 Å². The second-order valence-electron chi connectivity index (χ2n) is 4.79. The maximum atomic E-state index is 12.0. The number of methoxy groups -OCH3 is 1. The highest BCUT2D eigenvalue weighted by molar-refractivity contribution is 6.06. The molecule has 0 saturated heterocycles. The third kappa shape index (κ3) is 4.04. The number of carbonyl (C=O) groups excluding carboxylic acids is 1. The monoisotopic (exact) mass is 329 g/mol. The van der Waals surface area contributed by atoms with Crippen molar-refractivity contribution in [1.82, 2.24) is 0 Å². The van der Waals surface area contributed by atoms with E-state index in [1.165, 1.54) is 37.5 Å². The summed E-state index contributed by atoms with van der Waals surface area (Å²) in [6, 6.07) is 8.41. The fraction of sp³-hybridized carbons (Fsp3) is 0.0588. The van der Waals surface area contributed by atoms with Crippen molar-refractivity contribution in [3.05, 3.63) is 53.6 Å². The Morgan fingerprint density at radius 1 is 1.12 bits per heavy atom. The molecule has 2 rings (SSSR count). The highest BCUT2D eigenvalue weighted by atomic mass is 16.5. The van der Waals surface area contributed by atoms with Gasteiger partial charge in [0.1, 0.15) is 5.75 Å². The Labute approximate surface area is 137 Å². The summed E-state index contributed by atoms with van der Waals surface area (Å²) in [5.41, 5.74) is 0.418. The molecular weight excluding hydrogens is 314 g/mol. The lowest BCUT2D eigenvalue weighted by atomic mass is 10.1. The zero-order chi connectivity index (χ0) is 17.7. The first kappa shape index (κ1) is 16.9. The molecule has 7 heteroatoms. The Hall–Kier alpha value is -3.48. The summed E-state index contributed by atoms with van der Waals surface area (Å²) >= 11 is 0. The van der Waals surface area contributed by atoms with Gasteiger partial charge in [0, 0.05) is 18.2 Å². The van der Waals surface area contributed by atoms with E-state index in [9.17, 15) is 19.8 Å². The van der Waals surface area contributed by atoms with Gasteiger partial charge in [0.25, 0.3) is 0 Å². The average Bonchev–Trinajstić information content (AvgIpc) is 2.55. The van der Waals surface area contributed by atoms with E-state index in [-0.39, 0.29) is 28.5 Å². The molecule has 124 valence electrons. The molecule has 4 N–H and O–H groups in total. The van der Waals surface area contributed by atoms with Gasteiger partial charge < -0.3 is 25.4 Å². The normalized spacial score (nSPS) is 10.5. The fourth-order valence-corrected chi connectivity index (χ4v) is 1.94. The van der Waals surface area contributed by atoms with E-state index < -0.39 is 11.9 Å². The van der Waals surface area contributed by atoms with Crippen LogP contribution >= 0.6 is 0 Å². The van der Waals surface area contributed by atoms with Crippen LogP contribution in [0.4, 0.5) is 5.69 Å². The minimum absolute atomic E-state index is 0.00231. The summed E-state index contributed by atoms with van der Waals surface area (Å²) in [6.07, 6.45) is 2.73. The van der Waals surface area contributed by atoms with Crippen molar-refractivity contribution in [3.63, 3.8) is 0 Å². The number of benzene rings is 2. The number of amides is 1. The molecule has 0 fully saturated rings. The molecule has 24 heavy (non-hydrogen) atoms. The molecule has 0 heterocycles. The van der Waals surface area contributed by atoms with Crippen LogP contribution in [-0.2, 0) is 4.79 Å². The van der Waals surface area contributed by atoms with Crippen LogP contribution in [-0.4, -0.2) is 34.3 Å². The molecule has 0 aliphatic rings.